The molecule has 3 nitrogen and oxygen atoms in total. The molecule has 0 heterocycles. The Balaban J connectivity index is 2.51. The average Bonchev–Trinajstić information content (AvgIpc) is 2.34. The van der Waals surface area contributed by atoms with Crippen molar-refractivity contribution in [3.05, 3.63) is 0 Å². The van der Waals surface area contributed by atoms with Gasteiger partial charge in [-0.25, -0.2) is 0 Å². The summed E-state index contributed by atoms with van der Waals surface area (Å²) in [6.07, 6.45) is 7.89. The second-order valence-corrected chi connectivity index (χ2v) is 9.14. The summed E-state index contributed by atoms with van der Waals surface area (Å²) in [5, 5.41) is 0. The molecular formula is C19H36O3. The summed E-state index contributed by atoms with van der Waals surface area (Å²) < 4.78 is 11.8. The van der Waals surface area contributed by atoms with Gasteiger partial charge in [-0.05, 0) is 30.1 Å². The molecule has 1 aliphatic carbocycles. The Bertz CT molecular complexity index is 330. The molecule has 0 amide bonds. The fourth-order valence-electron chi connectivity index (χ4n) is 2.72. The van der Waals surface area contributed by atoms with Crippen molar-refractivity contribution < 1.29 is 14.3 Å². The lowest BCUT2D eigenvalue weighted by atomic mass is 9.90. The van der Waals surface area contributed by atoms with E-state index in [1.54, 1.807) is 0 Å². The molecule has 1 unspecified atom stereocenters. The molecule has 0 spiro atoms. The Labute approximate surface area is 137 Å². The molecule has 0 radical (unpaired) electrons. The van der Waals surface area contributed by atoms with Crippen LogP contribution < -0.4 is 0 Å². The third-order valence-electron chi connectivity index (χ3n) is 4.02. The lowest BCUT2D eigenvalue weighted by Crippen LogP contribution is -2.32. The summed E-state index contributed by atoms with van der Waals surface area (Å²) in [7, 11) is 0. The van der Waals surface area contributed by atoms with E-state index in [1.807, 2.05) is 0 Å². The normalized spacial score (nSPS) is 19.0. The van der Waals surface area contributed by atoms with Crippen LogP contribution in [0.5, 0.6) is 0 Å². The molecule has 1 rings (SSSR count). The summed E-state index contributed by atoms with van der Waals surface area (Å²) in [6, 6.07) is 0. The summed E-state index contributed by atoms with van der Waals surface area (Å²) in [4.78, 5) is 12.1. The first kappa shape index (κ1) is 19.5. The highest BCUT2D eigenvalue weighted by Gasteiger charge is 2.27. The molecule has 1 fully saturated rings. The summed E-state index contributed by atoms with van der Waals surface area (Å²) in [5.74, 6) is -0.125. The van der Waals surface area contributed by atoms with Crippen molar-refractivity contribution in [2.24, 2.45) is 10.8 Å². The second kappa shape index (κ2) is 8.33. The van der Waals surface area contributed by atoms with E-state index in [1.165, 1.54) is 19.3 Å². The molecule has 0 N–H and O–H groups in total. The van der Waals surface area contributed by atoms with Crippen LogP contribution in [0.1, 0.15) is 92.9 Å². The highest BCUT2D eigenvalue weighted by molar-refractivity contribution is 5.69. The van der Waals surface area contributed by atoms with Crippen molar-refractivity contribution in [3.63, 3.8) is 0 Å². The van der Waals surface area contributed by atoms with Gasteiger partial charge in [0.1, 0.15) is 0 Å². The Hall–Kier alpha value is -0.570. The van der Waals surface area contributed by atoms with Gasteiger partial charge in [0.15, 0.2) is 0 Å². The first-order valence-corrected chi connectivity index (χ1v) is 8.90. The minimum atomic E-state index is -0.393. The second-order valence-electron chi connectivity index (χ2n) is 9.14. The highest BCUT2D eigenvalue weighted by atomic mass is 16.7. The monoisotopic (exact) mass is 312 g/mol. The molecule has 0 aromatic heterocycles. The molecule has 22 heavy (non-hydrogen) atoms. The molecule has 0 bridgehead atoms. The van der Waals surface area contributed by atoms with Crippen LogP contribution in [0.4, 0.5) is 0 Å². The van der Waals surface area contributed by atoms with Gasteiger partial charge in [-0.15, -0.1) is 0 Å². The maximum atomic E-state index is 12.1. The average molecular weight is 312 g/mol. The summed E-state index contributed by atoms with van der Waals surface area (Å²) in [6.45, 7) is 12.9. The van der Waals surface area contributed by atoms with Gasteiger partial charge in [-0.1, -0.05) is 60.8 Å². The predicted octanol–water partition coefficient (Wildman–Crippen LogP) is 5.47. The predicted molar refractivity (Wildman–Crippen MR) is 90.6 cm³/mol. The standard InChI is InChI=1S/C19H36O3/c1-18(2,3)13-12-16(20)22-17(14-19(4,5)6)21-15-10-8-7-9-11-15/h15,17H,7-14H2,1-6H3. The van der Waals surface area contributed by atoms with Crippen LogP contribution in [0, 0.1) is 10.8 Å². The lowest BCUT2D eigenvalue weighted by Gasteiger charge is -2.31. The van der Waals surface area contributed by atoms with E-state index in [0.717, 1.165) is 25.7 Å². The van der Waals surface area contributed by atoms with E-state index in [9.17, 15) is 4.79 Å². The minimum Gasteiger partial charge on any atom is -0.436 e. The van der Waals surface area contributed by atoms with Crippen LogP contribution in [0.25, 0.3) is 0 Å². The quantitative estimate of drug-likeness (QED) is 0.482. The van der Waals surface area contributed by atoms with Crippen LogP contribution in [0.15, 0.2) is 0 Å². The first-order chi connectivity index (χ1) is 10.1. The van der Waals surface area contributed by atoms with E-state index in [4.69, 9.17) is 9.47 Å². The molecule has 0 aliphatic heterocycles. The number of carbonyl (C=O) groups is 1. The van der Waals surface area contributed by atoms with E-state index < -0.39 is 6.29 Å². The molecule has 0 aromatic rings. The van der Waals surface area contributed by atoms with Gasteiger partial charge in [0.05, 0.1) is 6.10 Å². The zero-order valence-corrected chi connectivity index (χ0v) is 15.5. The Morgan fingerprint density at radius 3 is 2.09 bits per heavy atom. The smallest absolute Gasteiger partial charge is 0.308 e. The maximum Gasteiger partial charge on any atom is 0.308 e. The van der Waals surface area contributed by atoms with Gasteiger partial charge in [-0.3, -0.25) is 4.79 Å². The molecular weight excluding hydrogens is 276 g/mol. The van der Waals surface area contributed by atoms with Crippen molar-refractivity contribution in [1.82, 2.24) is 0 Å². The van der Waals surface area contributed by atoms with Gasteiger partial charge in [0, 0.05) is 12.8 Å². The minimum absolute atomic E-state index is 0.0869. The van der Waals surface area contributed by atoms with Crippen LogP contribution in [-0.4, -0.2) is 18.4 Å². The topological polar surface area (TPSA) is 35.5 Å². The lowest BCUT2D eigenvalue weighted by molar-refractivity contribution is -0.200. The van der Waals surface area contributed by atoms with Crippen LogP contribution in [-0.2, 0) is 14.3 Å². The van der Waals surface area contributed by atoms with E-state index in [-0.39, 0.29) is 22.9 Å². The number of hydrogen-bond acceptors (Lipinski definition) is 3. The van der Waals surface area contributed by atoms with Crippen LogP contribution >= 0.6 is 0 Å². The molecule has 1 atom stereocenters. The Morgan fingerprint density at radius 2 is 1.59 bits per heavy atom. The molecule has 0 saturated heterocycles. The number of hydrogen-bond donors (Lipinski definition) is 0. The zero-order valence-electron chi connectivity index (χ0n) is 15.5. The SMILES string of the molecule is CC(C)(C)CCC(=O)OC(CC(C)(C)C)OC1CCCCC1. The molecule has 1 aliphatic rings. The van der Waals surface area contributed by atoms with Gasteiger partial charge in [-0.2, -0.15) is 0 Å². The number of ether oxygens (including phenoxy) is 2. The first-order valence-electron chi connectivity index (χ1n) is 8.90. The fraction of sp³-hybridized carbons (Fsp3) is 0.947. The van der Waals surface area contributed by atoms with Crippen LogP contribution in [0.2, 0.25) is 0 Å². The van der Waals surface area contributed by atoms with Gasteiger partial charge in [0.2, 0.25) is 6.29 Å². The van der Waals surface area contributed by atoms with Gasteiger partial charge >= 0.3 is 5.97 Å². The van der Waals surface area contributed by atoms with E-state index >= 15 is 0 Å². The Kier molecular flexibility index (Phi) is 7.37. The van der Waals surface area contributed by atoms with E-state index in [2.05, 4.69) is 41.5 Å². The summed E-state index contributed by atoms with van der Waals surface area (Å²) >= 11 is 0. The van der Waals surface area contributed by atoms with Crippen molar-refractivity contribution >= 4 is 5.97 Å². The molecule has 3 heteroatoms. The molecule has 130 valence electrons. The van der Waals surface area contributed by atoms with Gasteiger partial charge < -0.3 is 9.47 Å². The van der Waals surface area contributed by atoms with Crippen LogP contribution in [0.3, 0.4) is 0 Å². The maximum absolute atomic E-state index is 12.1. The van der Waals surface area contributed by atoms with Gasteiger partial charge in [0.25, 0.3) is 0 Å². The number of esters is 1. The fourth-order valence-corrected chi connectivity index (χ4v) is 2.72. The highest BCUT2D eigenvalue weighted by Crippen LogP contribution is 2.28. The Morgan fingerprint density at radius 1 is 1.00 bits per heavy atom. The largest absolute Gasteiger partial charge is 0.436 e. The third kappa shape index (κ3) is 9.45. The van der Waals surface area contributed by atoms with Crippen molar-refractivity contribution in [3.8, 4) is 0 Å². The number of rotatable bonds is 6. The number of carbonyl (C=O) groups excluding carboxylic acids is 1. The molecule has 1 saturated carbocycles. The van der Waals surface area contributed by atoms with Crippen molar-refractivity contribution in [2.75, 3.05) is 0 Å². The molecule has 0 aromatic carbocycles. The summed E-state index contributed by atoms with van der Waals surface area (Å²) in [5.41, 5.74) is 0.242. The van der Waals surface area contributed by atoms with Crippen molar-refractivity contribution in [1.29, 1.82) is 0 Å². The van der Waals surface area contributed by atoms with E-state index in [0.29, 0.717) is 6.42 Å². The zero-order chi connectivity index (χ0) is 16.8. The third-order valence-corrected chi connectivity index (χ3v) is 4.02. The van der Waals surface area contributed by atoms with Crippen molar-refractivity contribution in [2.45, 2.75) is 105 Å².